The lowest BCUT2D eigenvalue weighted by molar-refractivity contribution is -0.158. The molecule has 0 bridgehead atoms. The molecule has 3 N–H and O–H groups in total. The topological polar surface area (TPSA) is 113 Å². The number of ether oxygens (including phenoxy) is 2. The van der Waals surface area contributed by atoms with E-state index in [9.17, 15) is 24.9 Å². The van der Waals surface area contributed by atoms with Crippen molar-refractivity contribution >= 4 is 43.4 Å². The maximum atomic E-state index is 12.9. The summed E-state index contributed by atoms with van der Waals surface area (Å²) in [5, 5.41) is 32.1. The molecule has 4 rings (SSSR count). The average molecular weight is 528 g/mol. The van der Waals surface area contributed by atoms with E-state index >= 15 is 0 Å². The predicted molar refractivity (Wildman–Crippen MR) is 108 cm³/mol. The van der Waals surface area contributed by atoms with E-state index in [4.69, 9.17) is 9.47 Å². The number of aliphatic hydroxyl groups is 3. The molecule has 2 aliphatic heterocycles. The predicted octanol–water partition coefficient (Wildman–Crippen LogP) is 2.62. The van der Waals surface area contributed by atoms with Crippen LogP contribution in [0, 0.1) is 0 Å². The lowest BCUT2D eigenvalue weighted by Crippen LogP contribution is -2.57. The molecule has 9 heteroatoms. The Hall–Kier alpha value is -1.78. The fraction of sp³-hybridized carbons (Fsp3) is 0.300. The molecule has 0 saturated heterocycles. The van der Waals surface area contributed by atoms with E-state index in [-0.39, 0.29) is 29.9 Å². The van der Waals surface area contributed by atoms with E-state index in [1.807, 2.05) is 0 Å². The van der Waals surface area contributed by atoms with E-state index in [2.05, 4.69) is 31.9 Å². The van der Waals surface area contributed by atoms with Crippen LogP contribution >= 0.6 is 31.9 Å². The highest BCUT2D eigenvalue weighted by atomic mass is 79.9. The zero-order valence-electron chi connectivity index (χ0n) is 14.9. The van der Waals surface area contributed by atoms with E-state index in [1.54, 1.807) is 18.2 Å². The summed E-state index contributed by atoms with van der Waals surface area (Å²) in [5.41, 5.74) is -3.98. The van der Waals surface area contributed by atoms with Crippen LogP contribution in [-0.4, -0.2) is 51.0 Å². The minimum absolute atomic E-state index is 0.0969. The van der Waals surface area contributed by atoms with Gasteiger partial charge in [0.05, 0.1) is 11.1 Å². The molecule has 3 atom stereocenters. The van der Waals surface area contributed by atoms with Gasteiger partial charge in [0, 0.05) is 8.95 Å². The largest absolute Gasteiger partial charge is 0.489 e. The zero-order chi connectivity index (χ0) is 21.0. The Labute approximate surface area is 182 Å². The number of benzene rings is 2. The van der Waals surface area contributed by atoms with Crippen LogP contribution in [0.5, 0.6) is 11.5 Å². The quantitative estimate of drug-likeness (QED) is 0.562. The molecule has 0 spiro atoms. The van der Waals surface area contributed by atoms with Gasteiger partial charge in [-0.2, -0.15) is 0 Å². The van der Waals surface area contributed by atoms with Gasteiger partial charge in [-0.05, 0) is 49.2 Å². The maximum Gasteiger partial charge on any atom is 0.234 e. The normalized spacial score (nSPS) is 28.2. The second kappa shape index (κ2) is 7.17. The highest BCUT2D eigenvalue weighted by molar-refractivity contribution is 9.10. The molecule has 0 fully saturated rings. The van der Waals surface area contributed by atoms with Crippen molar-refractivity contribution in [3.8, 4) is 11.5 Å². The summed E-state index contributed by atoms with van der Waals surface area (Å²) in [7, 11) is 0. The molecule has 0 amide bonds. The van der Waals surface area contributed by atoms with Crippen LogP contribution in [0.15, 0.2) is 45.3 Å². The van der Waals surface area contributed by atoms with Gasteiger partial charge in [-0.3, -0.25) is 9.59 Å². The molecule has 152 valence electrons. The molecule has 2 aromatic rings. The third-order valence-corrected chi connectivity index (χ3v) is 6.21. The minimum Gasteiger partial charge on any atom is -0.489 e. The minimum atomic E-state index is -2.32. The SMILES string of the molecule is O=C1c2cc(Br)ccc2OCC1(O)CCC1(O)C(=O)c2cc(Br)ccc2OC1O. The summed E-state index contributed by atoms with van der Waals surface area (Å²) in [4.78, 5) is 25.7. The second-order valence-corrected chi connectivity index (χ2v) is 8.99. The number of rotatable bonds is 3. The van der Waals surface area contributed by atoms with Crippen LogP contribution in [0.4, 0.5) is 0 Å². The summed E-state index contributed by atoms with van der Waals surface area (Å²) in [6.07, 6.45) is -2.56. The summed E-state index contributed by atoms with van der Waals surface area (Å²) in [6.45, 7) is -0.330. The van der Waals surface area contributed by atoms with Crippen LogP contribution in [0.2, 0.25) is 0 Å². The number of Topliss-reactive ketones (excluding diaryl/α,β-unsaturated/α-hetero) is 2. The second-order valence-electron chi connectivity index (χ2n) is 7.15. The third-order valence-electron chi connectivity index (χ3n) is 5.22. The van der Waals surface area contributed by atoms with Crippen LogP contribution < -0.4 is 9.47 Å². The van der Waals surface area contributed by atoms with Gasteiger partial charge in [0.15, 0.2) is 11.2 Å². The average Bonchev–Trinajstić information content (AvgIpc) is 2.69. The van der Waals surface area contributed by atoms with Crippen LogP contribution in [-0.2, 0) is 0 Å². The Kier molecular flexibility index (Phi) is 5.07. The number of fused-ring (bicyclic) bond motifs is 2. The van der Waals surface area contributed by atoms with Gasteiger partial charge in [-0.1, -0.05) is 31.9 Å². The number of halogens is 2. The van der Waals surface area contributed by atoms with Crippen molar-refractivity contribution in [1.29, 1.82) is 0 Å². The van der Waals surface area contributed by atoms with E-state index in [0.717, 1.165) is 0 Å². The fourth-order valence-electron chi connectivity index (χ4n) is 3.48. The van der Waals surface area contributed by atoms with Crippen molar-refractivity contribution < 1.29 is 34.4 Å². The molecule has 0 radical (unpaired) electrons. The lowest BCUT2D eigenvalue weighted by Gasteiger charge is -2.39. The van der Waals surface area contributed by atoms with Crippen molar-refractivity contribution in [3.63, 3.8) is 0 Å². The van der Waals surface area contributed by atoms with Crippen molar-refractivity contribution in [3.05, 3.63) is 56.5 Å². The highest BCUT2D eigenvalue weighted by Gasteiger charge is 2.52. The van der Waals surface area contributed by atoms with Crippen LogP contribution in [0.1, 0.15) is 33.6 Å². The van der Waals surface area contributed by atoms with E-state index in [1.165, 1.54) is 18.2 Å². The monoisotopic (exact) mass is 526 g/mol. The molecular formula is C20H16Br2O7. The Morgan fingerprint density at radius 1 is 0.931 bits per heavy atom. The van der Waals surface area contributed by atoms with Gasteiger partial charge in [0.25, 0.3) is 0 Å². The zero-order valence-corrected chi connectivity index (χ0v) is 18.1. The van der Waals surface area contributed by atoms with Gasteiger partial charge in [0.1, 0.15) is 18.1 Å². The molecule has 29 heavy (non-hydrogen) atoms. The van der Waals surface area contributed by atoms with Crippen LogP contribution in [0.3, 0.4) is 0 Å². The third kappa shape index (κ3) is 3.40. The van der Waals surface area contributed by atoms with Gasteiger partial charge in [0.2, 0.25) is 17.9 Å². The number of ketones is 2. The standard InChI is InChI=1S/C20H16Br2O7/c21-10-1-3-14-12(7-10)16(23)19(26,9-28-14)5-6-20(27)17(24)13-8-11(22)2-4-15(13)29-18(20)25/h1-4,7-8,18,25-27H,5-6,9H2. The fourth-order valence-corrected chi connectivity index (χ4v) is 4.21. The first kappa shape index (κ1) is 20.5. The molecular weight excluding hydrogens is 512 g/mol. The Morgan fingerprint density at radius 2 is 1.52 bits per heavy atom. The number of aliphatic hydroxyl groups excluding tert-OH is 1. The molecule has 7 nitrogen and oxygen atoms in total. The first-order valence-corrected chi connectivity index (χ1v) is 10.3. The number of hydrogen-bond acceptors (Lipinski definition) is 7. The maximum absolute atomic E-state index is 12.9. The molecule has 0 aromatic heterocycles. The van der Waals surface area contributed by atoms with Crippen LogP contribution in [0.25, 0.3) is 0 Å². The van der Waals surface area contributed by atoms with Crippen molar-refractivity contribution in [2.45, 2.75) is 30.3 Å². The molecule has 2 aromatic carbocycles. The molecule has 2 aliphatic rings. The molecule has 2 heterocycles. The Morgan fingerprint density at radius 3 is 2.17 bits per heavy atom. The van der Waals surface area contributed by atoms with Gasteiger partial charge >= 0.3 is 0 Å². The first-order valence-electron chi connectivity index (χ1n) is 8.75. The highest BCUT2D eigenvalue weighted by Crippen LogP contribution is 2.39. The molecule has 0 aliphatic carbocycles. The number of hydrogen-bond donors (Lipinski definition) is 3. The summed E-state index contributed by atoms with van der Waals surface area (Å²) in [6, 6.07) is 9.48. The van der Waals surface area contributed by atoms with Crippen molar-refractivity contribution in [2.24, 2.45) is 0 Å². The van der Waals surface area contributed by atoms with E-state index < -0.39 is 35.5 Å². The van der Waals surface area contributed by atoms with Gasteiger partial charge < -0.3 is 24.8 Å². The smallest absolute Gasteiger partial charge is 0.234 e. The van der Waals surface area contributed by atoms with Gasteiger partial charge in [-0.25, -0.2) is 0 Å². The summed E-state index contributed by atoms with van der Waals surface area (Å²) in [5.74, 6) is -0.837. The van der Waals surface area contributed by atoms with Gasteiger partial charge in [-0.15, -0.1) is 0 Å². The Bertz CT molecular complexity index is 1020. The Balaban J connectivity index is 1.59. The number of carbonyl (C=O) groups is 2. The molecule has 0 saturated carbocycles. The number of carbonyl (C=O) groups excluding carboxylic acids is 2. The van der Waals surface area contributed by atoms with E-state index in [0.29, 0.717) is 14.7 Å². The lowest BCUT2D eigenvalue weighted by atomic mass is 9.79. The first-order chi connectivity index (χ1) is 13.6. The van der Waals surface area contributed by atoms with Crippen molar-refractivity contribution in [1.82, 2.24) is 0 Å². The molecule has 3 unspecified atom stereocenters. The summed E-state index contributed by atoms with van der Waals surface area (Å²) >= 11 is 6.53. The van der Waals surface area contributed by atoms with Crippen molar-refractivity contribution in [2.75, 3.05) is 6.61 Å². The summed E-state index contributed by atoms with van der Waals surface area (Å²) < 4.78 is 12.1.